The van der Waals surface area contributed by atoms with Crippen molar-refractivity contribution in [1.29, 1.82) is 0 Å². The van der Waals surface area contributed by atoms with Crippen LogP contribution >= 0.6 is 0 Å². The zero-order chi connectivity index (χ0) is 19.0. The van der Waals surface area contributed by atoms with Crippen molar-refractivity contribution < 1.29 is 9.53 Å². The van der Waals surface area contributed by atoms with Gasteiger partial charge in [0.05, 0.1) is 30.7 Å². The van der Waals surface area contributed by atoms with E-state index in [-0.39, 0.29) is 12.0 Å². The summed E-state index contributed by atoms with van der Waals surface area (Å²) in [7, 11) is 1.86. The zero-order valence-electron chi connectivity index (χ0n) is 15.7. The number of ether oxygens (including phenoxy) is 1. The molecule has 3 aromatic rings. The van der Waals surface area contributed by atoms with Gasteiger partial charge in [-0.05, 0) is 26.0 Å². The number of amides is 1. The maximum atomic E-state index is 13.0. The zero-order valence-corrected chi connectivity index (χ0v) is 15.7. The maximum Gasteiger partial charge on any atom is 0.276 e. The highest BCUT2D eigenvalue weighted by atomic mass is 16.5. The molecule has 27 heavy (non-hydrogen) atoms. The second-order valence-corrected chi connectivity index (χ2v) is 6.83. The first-order chi connectivity index (χ1) is 13.0. The first-order valence-corrected chi connectivity index (χ1v) is 8.91. The Morgan fingerprint density at radius 3 is 2.70 bits per heavy atom. The van der Waals surface area contributed by atoms with Gasteiger partial charge < -0.3 is 9.64 Å². The van der Waals surface area contributed by atoms with Crippen molar-refractivity contribution >= 4 is 5.91 Å². The lowest BCUT2D eigenvalue weighted by atomic mass is 10.1. The standard InChI is InChI=1S/C19H22N6O2/c1-13-4-6-16(7-5-13)25-14(2)18(21-22-25)19(26)24-8-9-27-17(12-24)15-10-20-23(3)11-15/h4-7,10-11,17H,8-9,12H2,1-3H3. The highest BCUT2D eigenvalue weighted by Gasteiger charge is 2.29. The van der Waals surface area contributed by atoms with E-state index in [2.05, 4.69) is 15.4 Å². The molecule has 1 saturated heterocycles. The Morgan fingerprint density at radius 2 is 2.00 bits per heavy atom. The number of morpholine rings is 1. The molecule has 0 aliphatic carbocycles. The first-order valence-electron chi connectivity index (χ1n) is 8.91. The normalized spacial score (nSPS) is 17.3. The molecule has 3 heterocycles. The van der Waals surface area contributed by atoms with Gasteiger partial charge in [0.2, 0.25) is 0 Å². The predicted molar refractivity (Wildman–Crippen MR) is 98.6 cm³/mol. The van der Waals surface area contributed by atoms with E-state index in [9.17, 15) is 4.79 Å². The van der Waals surface area contributed by atoms with Crippen LogP contribution in [0.4, 0.5) is 0 Å². The number of rotatable bonds is 3. The number of aryl methyl sites for hydroxylation is 2. The van der Waals surface area contributed by atoms with E-state index in [0.717, 1.165) is 16.9 Å². The number of benzene rings is 1. The lowest BCUT2D eigenvalue weighted by Gasteiger charge is -2.32. The Kier molecular flexibility index (Phi) is 4.49. The summed E-state index contributed by atoms with van der Waals surface area (Å²) in [6.07, 6.45) is 3.51. The quantitative estimate of drug-likeness (QED) is 0.707. The third-order valence-electron chi connectivity index (χ3n) is 4.83. The molecule has 1 aliphatic heterocycles. The van der Waals surface area contributed by atoms with Gasteiger partial charge in [-0.1, -0.05) is 22.9 Å². The number of nitrogens with zero attached hydrogens (tertiary/aromatic N) is 6. The van der Waals surface area contributed by atoms with Crippen molar-refractivity contribution in [2.24, 2.45) is 7.05 Å². The van der Waals surface area contributed by atoms with Crippen LogP contribution in [0, 0.1) is 13.8 Å². The summed E-state index contributed by atoms with van der Waals surface area (Å²) in [6.45, 7) is 5.39. The summed E-state index contributed by atoms with van der Waals surface area (Å²) < 4.78 is 9.25. The van der Waals surface area contributed by atoms with Crippen LogP contribution in [0.5, 0.6) is 0 Å². The van der Waals surface area contributed by atoms with Crippen molar-refractivity contribution in [3.63, 3.8) is 0 Å². The largest absolute Gasteiger partial charge is 0.370 e. The van der Waals surface area contributed by atoms with Crippen molar-refractivity contribution in [1.82, 2.24) is 29.7 Å². The lowest BCUT2D eigenvalue weighted by molar-refractivity contribution is -0.0230. The average molecular weight is 366 g/mol. The van der Waals surface area contributed by atoms with Crippen LogP contribution in [0.3, 0.4) is 0 Å². The third-order valence-corrected chi connectivity index (χ3v) is 4.83. The molecular weight excluding hydrogens is 344 g/mol. The molecule has 140 valence electrons. The van der Waals surface area contributed by atoms with Gasteiger partial charge in [0.15, 0.2) is 5.69 Å². The molecule has 1 aromatic carbocycles. The molecule has 8 heteroatoms. The summed E-state index contributed by atoms with van der Waals surface area (Å²) in [6, 6.07) is 7.97. The monoisotopic (exact) mass is 366 g/mol. The van der Waals surface area contributed by atoms with Gasteiger partial charge in [0.25, 0.3) is 5.91 Å². The minimum Gasteiger partial charge on any atom is -0.370 e. The number of carbonyl (C=O) groups excluding carboxylic acids is 1. The molecule has 0 radical (unpaired) electrons. The summed E-state index contributed by atoms with van der Waals surface area (Å²) >= 11 is 0. The summed E-state index contributed by atoms with van der Waals surface area (Å²) in [4.78, 5) is 14.8. The highest BCUT2D eigenvalue weighted by Crippen LogP contribution is 2.23. The average Bonchev–Trinajstić information content (AvgIpc) is 3.28. The molecule has 0 spiro atoms. The maximum absolute atomic E-state index is 13.0. The lowest BCUT2D eigenvalue weighted by Crippen LogP contribution is -2.42. The molecule has 0 saturated carbocycles. The van der Waals surface area contributed by atoms with Crippen LogP contribution in [0.2, 0.25) is 0 Å². The smallest absolute Gasteiger partial charge is 0.276 e. The van der Waals surface area contributed by atoms with E-state index in [1.165, 1.54) is 5.56 Å². The van der Waals surface area contributed by atoms with Gasteiger partial charge in [-0.15, -0.1) is 5.10 Å². The molecule has 0 N–H and O–H groups in total. The molecule has 1 amide bonds. The number of aromatic nitrogens is 5. The predicted octanol–water partition coefficient (Wildman–Crippen LogP) is 1.83. The fraction of sp³-hybridized carbons (Fsp3) is 0.368. The van der Waals surface area contributed by atoms with E-state index in [0.29, 0.717) is 25.4 Å². The van der Waals surface area contributed by atoms with Crippen molar-refractivity contribution in [2.45, 2.75) is 20.0 Å². The molecule has 1 atom stereocenters. The Labute approximate surface area is 157 Å². The second kappa shape index (κ2) is 6.96. The molecule has 1 fully saturated rings. The molecular formula is C19H22N6O2. The fourth-order valence-corrected chi connectivity index (χ4v) is 3.25. The Balaban J connectivity index is 1.55. The van der Waals surface area contributed by atoms with E-state index in [1.807, 2.05) is 51.4 Å². The number of hydrogen-bond acceptors (Lipinski definition) is 5. The third kappa shape index (κ3) is 3.35. The van der Waals surface area contributed by atoms with Crippen molar-refractivity contribution in [2.75, 3.05) is 19.7 Å². The number of hydrogen-bond donors (Lipinski definition) is 0. The Bertz CT molecular complexity index is 959. The minimum atomic E-state index is -0.177. The van der Waals surface area contributed by atoms with E-state index >= 15 is 0 Å². The second-order valence-electron chi connectivity index (χ2n) is 6.83. The number of carbonyl (C=O) groups is 1. The fourth-order valence-electron chi connectivity index (χ4n) is 3.25. The highest BCUT2D eigenvalue weighted by molar-refractivity contribution is 5.93. The molecule has 0 bridgehead atoms. The molecule has 1 unspecified atom stereocenters. The Hall–Kier alpha value is -3.00. The van der Waals surface area contributed by atoms with Gasteiger partial charge >= 0.3 is 0 Å². The van der Waals surface area contributed by atoms with E-state index < -0.39 is 0 Å². The minimum absolute atomic E-state index is 0.122. The van der Waals surface area contributed by atoms with Crippen LogP contribution in [-0.2, 0) is 11.8 Å². The molecule has 4 rings (SSSR count). The molecule has 2 aromatic heterocycles. The summed E-state index contributed by atoms with van der Waals surface area (Å²) in [5.74, 6) is -0.122. The van der Waals surface area contributed by atoms with Gasteiger partial charge in [0, 0.05) is 25.4 Å². The van der Waals surface area contributed by atoms with Gasteiger partial charge in [-0.25, -0.2) is 4.68 Å². The van der Waals surface area contributed by atoms with Crippen LogP contribution < -0.4 is 0 Å². The SMILES string of the molecule is Cc1ccc(-n2nnc(C(=O)N3CCOC(c4cnn(C)c4)C3)c2C)cc1. The van der Waals surface area contributed by atoms with Crippen LogP contribution in [0.15, 0.2) is 36.7 Å². The molecule has 1 aliphatic rings. The van der Waals surface area contributed by atoms with Crippen molar-refractivity contribution in [3.8, 4) is 5.69 Å². The Morgan fingerprint density at radius 1 is 1.22 bits per heavy atom. The van der Waals surface area contributed by atoms with Gasteiger partial charge in [-0.3, -0.25) is 9.48 Å². The summed E-state index contributed by atoms with van der Waals surface area (Å²) in [5, 5.41) is 12.5. The summed E-state index contributed by atoms with van der Waals surface area (Å²) in [5.41, 5.74) is 4.13. The van der Waals surface area contributed by atoms with Gasteiger partial charge in [0.1, 0.15) is 6.10 Å². The van der Waals surface area contributed by atoms with Crippen LogP contribution in [0.1, 0.15) is 33.4 Å². The van der Waals surface area contributed by atoms with Crippen molar-refractivity contribution in [3.05, 3.63) is 59.2 Å². The van der Waals surface area contributed by atoms with Crippen LogP contribution in [-0.4, -0.2) is 55.3 Å². The first kappa shape index (κ1) is 17.4. The van der Waals surface area contributed by atoms with Gasteiger partial charge in [-0.2, -0.15) is 5.10 Å². The van der Waals surface area contributed by atoms with Crippen LogP contribution in [0.25, 0.3) is 5.69 Å². The van der Waals surface area contributed by atoms with E-state index in [4.69, 9.17) is 4.74 Å². The van der Waals surface area contributed by atoms with E-state index in [1.54, 1.807) is 20.5 Å². The topological polar surface area (TPSA) is 78.1 Å². The molecule has 8 nitrogen and oxygen atoms in total.